The van der Waals surface area contributed by atoms with Gasteiger partial charge in [0.05, 0.1) is 0 Å². The number of likely N-dealkylation sites (tertiary alicyclic amines) is 2. The van der Waals surface area contributed by atoms with Gasteiger partial charge < -0.3 is 9.80 Å². The quantitative estimate of drug-likeness (QED) is 0.616. The van der Waals surface area contributed by atoms with Gasteiger partial charge >= 0.3 is 0 Å². The Labute approximate surface area is 150 Å². The molecule has 3 heteroatoms. The first-order chi connectivity index (χ1) is 11.5. The van der Waals surface area contributed by atoms with Gasteiger partial charge in [-0.25, -0.2) is 0 Å². The number of carbonyl (C=O) groups is 1. The van der Waals surface area contributed by atoms with Crippen molar-refractivity contribution in [2.24, 2.45) is 17.3 Å². The molecular formula is C21H40N2O. The number of amides is 1. The summed E-state index contributed by atoms with van der Waals surface area (Å²) in [4.78, 5) is 17.4. The summed E-state index contributed by atoms with van der Waals surface area (Å²) in [5.74, 6) is 1.58. The Morgan fingerprint density at radius 1 is 1.04 bits per heavy atom. The third-order valence-corrected chi connectivity index (χ3v) is 6.63. The average molecular weight is 337 g/mol. The van der Waals surface area contributed by atoms with Crippen LogP contribution >= 0.6 is 0 Å². The van der Waals surface area contributed by atoms with Gasteiger partial charge in [0, 0.05) is 24.4 Å². The second-order valence-electron chi connectivity index (χ2n) is 8.59. The van der Waals surface area contributed by atoms with Crippen LogP contribution in [0.25, 0.3) is 0 Å². The number of piperidine rings is 1. The van der Waals surface area contributed by atoms with Crippen LogP contribution < -0.4 is 0 Å². The Balaban J connectivity index is 1.67. The number of carbonyl (C=O) groups excluding carboxylic acids is 1. The minimum Gasteiger partial charge on any atom is -0.341 e. The van der Waals surface area contributed by atoms with E-state index in [4.69, 9.17) is 0 Å². The lowest BCUT2D eigenvalue weighted by Gasteiger charge is -2.54. The normalized spacial score (nSPS) is 23.1. The van der Waals surface area contributed by atoms with Crippen molar-refractivity contribution in [2.45, 2.75) is 79.1 Å². The first-order valence-corrected chi connectivity index (χ1v) is 10.5. The van der Waals surface area contributed by atoms with Crippen molar-refractivity contribution in [2.75, 3.05) is 32.7 Å². The van der Waals surface area contributed by atoms with E-state index in [2.05, 4.69) is 37.5 Å². The van der Waals surface area contributed by atoms with Gasteiger partial charge in [-0.05, 0) is 64.1 Å². The molecule has 2 aliphatic rings. The molecule has 2 heterocycles. The zero-order valence-corrected chi connectivity index (χ0v) is 16.6. The lowest BCUT2D eigenvalue weighted by Crippen LogP contribution is -2.62. The molecule has 0 aromatic heterocycles. The average Bonchev–Trinajstić information content (AvgIpc) is 2.57. The molecule has 0 radical (unpaired) electrons. The van der Waals surface area contributed by atoms with Crippen molar-refractivity contribution in [3.8, 4) is 0 Å². The van der Waals surface area contributed by atoms with Crippen LogP contribution in [-0.2, 0) is 4.79 Å². The van der Waals surface area contributed by atoms with Crippen LogP contribution in [0.5, 0.6) is 0 Å². The topological polar surface area (TPSA) is 23.6 Å². The van der Waals surface area contributed by atoms with E-state index in [1.807, 2.05) is 0 Å². The Kier molecular flexibility index (Phi) is 7.59. The van der Waals surface area contributed by atoms with E-state index in [1.165, 1.54) is 51.7 Å². The standard InChI is InChI=1S/C21H40N2O/c1-5-9-19(7-3)20(24)23-16-21(17-23)11-14-22(15-12-21)13-8-10-18(4)6-2/h18-19H,5-17H2,1-4H3. The van der Waals surface area contributed by atoms with Gasteiger partial charge in [-0.2, -0.15) is 0 Å². The maximum atomic E-state index is 12.6. The molecule has 0 saturated carbocycles. The van der Waals surface area contributed by atoms with Gasteiger partial charge in [0.25, 0.3) is 0 Å². The number of hydrogen-bond donors (Lipinski definition) is 0. The van der Waals surface area contributed by atoms with Gasteiger partial charge in [-0.3, -0.25) is 4.79 Å². The SMILES string of the molecule is CCCC(CC)C(=O)N1CC2(CCN(CCCC(C)CC)CC2)C1. The fraction of sp³-hybridized carbons (Fsp3) is 0.952. The van der Waals surface area contributed by atoms with Crippen molar-refractivity contribution >= 4 is 5.91 Å². The molecule has 24 heavy (non-hydrogen) atoms. The number of hydrogen-bond acceptors (Lipinski definition) is 2. The van der Waals surface area contributed by atoms with Crippen LogP contribution in [0.1, 0.15) is 79.1 Å². The summed E-state index contributed by atoms with van der Waals surface area (Å²) in [5, 5.41) is 0. The van der Waals surface area contributed by atoms with Crippen LogP contribution in [-0.4, -0.2) is 48.4 Å². The summed E-state index contributed by atoms with van der Waals surface area (Å²) < 4.78 is 0. The van der Waals surface area contributed by atoms with E-state index in [1.54, 1.807) is 0 Å². The molecule has 1 amide bonds. The van der Waals surface area contributed by atoms with E-state index in [-0.39, 0.29) is 5.92 Å². The molecule has 2 aliphatic heterocycles. The fourth-order valence-electron chi connectivity index (χ4n) is 4.46. The zero-order valence-electron chi connectivity index (χ0n) is 16.6. The molecule has 2 rings (SSSR count). The molecule has 140 valence electrons. The highest BCUT2D eigenvalue weighted by Gasteiger charge is 2.47. The predicted molar refractivity (Wildman–Crippen MR) is 102 cm³/mol. The number of rotatable bonds is 9. The van der Waals surface area contributed by atoms with Crippen molar-refractivity contribution in [1.29, 1.82) is 0 Å². The summed E-state index contributed by atoms with van der Waals surface area (Å²) in [6.45, 7) is 14.8. The van der Waals surface area contributed by atoms with E-state index in [0.717, 1.165) is 38.3 Å². The maximum absolute atomic E-state index is 12.6. The van der Waals surface area contributed by atoms with Crippen LogP contribution in [0.4, 0.5) is 0 Å². The monoisotopic (exact) mass is 336 g/mol. The predicted octanol–water partition coefficient (Wildman–Crippen LogP) is 4.56. The lowest BCUT2D eigenvalue weighted by molar-refractivity contribution is -0.151. The molecule has 0 aromatic carbocycles. The van der Waals surface area contributed by atoms with Crippen molar-refractivity contribution in [3.63, 3.8) is 0 Å². The minimum absolute atomic E-state index is 0.271. The summed E-state index contributed by atoms with van der Waals surface area (Å²) in [6.07, 6.45) is 9.80. The molecule has 0 aliphatic carbocycles. The molecule has 2 unspecified atom stereocenters. The Morgan fingerprint density at radius 3 is 2.25 bits per heavy atom. The summed E-state index contributed by atoms with van der Waals surface area (Å²) in [7, 11) is 0. The van der Waals surface area contributed by atoms with E-state index < -0.39 is 0 Å². The van der Waals surface area contributed by atoms with Crippen LogP contribution in [0.3, 0.4) is 0 Å². The van der Waals surface area contributed by atoms with Gasteiger partial charge in [0.2, 0.25) is 5.91 Å². The van der Waals surface area contributed by atoms with E-state index in [0.29, 0.717) is 11.3 Å². The Hall–Kier alpha value is -0.570. The van der Waals surface area contributed by atoms with Gasteiger partial charge in [-0.15, -0.1) is 0 Å². The fourth-order valence-corrected chi connectivity index (χ4v) is 4.46. The van der Waals surface area contributed by atoms with Gasteiger partial charge in [0.1, 0.15) is 0 Å². The highest BCUT2D eigenvalue weighted by Crippen LogP contribution is 2.41. The molecular weight excluding hydrogens is 296 g/mol. The number of nitrogens with zero attached hydrogens (tertiary/aromatic N) is 2. The largest absolute Gasteiger partial charge is 0.341 e. The zero-order chi connectivity index (χ0) is 17.6. The second kappa shape index (κ2) is 9.22. The minimum atomic E-state index is 0.271. The first kappa shape index (κ1) is 19.8. The Bertz CT molecular complexity index is 379. The van der Waals surface area contributed by atoms with E-state index in [9.17, 15) is 4.79 Å². The smallest absolute Gasteiger partial charge is 0.225 e. The van der Waals surface area contributed by atoms with Crippen molar-refractivity contribution < 1.29 is 4.79 Å². The second-order valence-corrected chi connectivity index (χ2v) is 8.59. The molecule has 3 nitrogen and oxygen atoms in total. The molecule has 1 spiro atoms. The molecule has 0 N–H and O–H groups in total. The summed E-state index contributed by atoms with van der Waals surface area (Å²) in [6, 6.07) is 0. The third-order valence-electron chi connectivity index (χ3n) is 6.63. The first-order valence-electron chi connectivity index (χ1n) is 10.5. The van der Waals surface area contributed by atoms with Crippen molar-refractivity contribution in [1.82, 2.24) is 9.80 Å². The lowest BCUT2D eigenvalue weighted by atomic mass is 9.71. The van der Waals surface area contributed by atoms with E-state index >= 15 is 0 Å². The molecule has 0 bridgehead atoms. The van der Waals surface area contributed by atoms with Gasteiger partial charge in [-0.1, -0.05) is 40.5 Å². The van der Waals surface area contributed by atoms with Crippen LogP contribution in [0.2, 0.25) is 0 Å². The molecule has 0 aromatic rings. The molecule has 2 fully saturated rings. The summed E-state index contributed by atoms with van der Waals surface area (Å²) in [5.41, 5.74) is 0.466. The molecule has 2 saturated heterocycles. The highest BCUT2D eigenvalue weighted by atomic mass is 16.2. The highest BCUT2D eigenvalue weighted by molar-refractivity contribution is 5.79. The third kappa shape index (κ3) is 4.97. The van der Waals surface area contributed by atoms with Crippen molar-refractivity contribution in [3.05, 3.63) is 0 Å². The molecule has 2 atom stereocenters. The van der Waals surface area contributed by atoms with Crippen LogP contribution in [0.15, 0.2) is 0 Å². The van der Waals surface area contributed by atoms with Crippen LogP contribution in [0, 0.1) is 17.3 Å². The van der Waals surface area contributed by atoms with Gasteiger partial charge in [0.15, 0.2) is 0 Å². The Morgan fingerprint density at radius 2 is 1.71 bits per heavy atom. The maximum Gasteiger partial charge on any atom is 0.225 e. The summed E-state index contributed by atoms with van der Waals surface area (Å²) >= 11 is 0.